The van der Waals surface area contributed by atoms with E-state index in [9.17, 15) is 0 Å². The number of nitrogens with zero attached hydrogens (tertiary/aromatic N) is 2. The van der Waals surface area contributed by atoms with Gasteiger partial charge in [-0.25, -0.2) is 0 Å². The Morgan fingerprint density at radius 3 is 2.53 bits per heavy atom. The van der Waals surface area contributed by atoms with E-state index in [0.717, 1.165) is 0 Å². The van der Waals surface area contributed by atoms with Gasteiger partial charge in [-0.05, 0) is 0 Å². The van der Waals surface area contributed by atoms with E-state index in [-0.39, 0.29) is 0 Å². The van der Waals surface area contributed by atoms with Crippen molar-refractivity contribution in [2.75, 3.05) is 18.0 Å². The summed E-state index contributed by atoms with van der Waals surface area (Å²) in [7, 11) is 0. The zero-order valence-corrected chi connectivity index (χ0v) is 11.5. The molecule has 0 bridgehead atoms. The molecule has 1 saturated heterocycles. The average molecular weight is 291 g/mol. The summed E-state index contributed by atoms with van der Waals surface area (Å²) in [6.45, 7) is 2.41. The fraction of sp³-hybridized carbons (Fsp3) is 0.357. The first-order chi connectivity index (χ1) is 8.43. The molecule has 0 saturated carbocycles. The number of rotatable bonds is 2. The van der Waals surface area contributed by atoms with Gasteiger partial charge in [0.15, 0.2) is 0 Å². The minimum absolute atomic E-state index is 0.433. The van der Waals surface area contributed by atoms with Crippen molar-refractivity contribution in [2.45, 2.75) is 19.3 Å². The Bertz CT molecular complexity index is 472. The molecule has 1 aromatic heterocycles. The number of hydrogen-bond acceptors (Lipinski definition) is 2. The van der Waals surface area contributed by atoms with Crippen molar-refractivity contribution >= 4 is 19.2 Å². The predicted molar refractivity (Wildman–Crippen MR) is 72.7 cm³/mol. The van der Waals surface area contributed by atoms with Crippen molar-refractivity contribution in [1.82, 2.24) is 4.98 Å². The molecule has 3 heteroatoms. The van der Waals surface area contributed by atoms with E-state index in [1.807, 2.05) is 0 Å². The molecule has 2 nitrogen and oxygen atoms in total. The van der Waals surface area contributed by atoms with Gasteiger partial charge in [-0.15, -0.1) is 0 Å². The number of anilines is 1. The Hall–Kier alpha value is -1.05. The molecule has 0 atom stereocenters. The third-order valence-electron chi connectivity index (χ3n) is 3.19. The summed E-state index contributed by atoms with van der Waals surface area (Å²) in [5, 5.41) is 0. The van der Waals surface area contributed by atoms with Crippen molar-refractivity contribution in [1.29, 1.82) is 0 Å². The van der Waals surface area contributed by atoms with Crippen LogP contribution in [-0.2, 0) is 0 Å². The van der Waals surface area contributed by atoms with Gasteiger partial charge in [-0.1, -0.05) is 0 Å². The van der Waals surface area contributed by atoms with E-state index >= 15 is 0 Å². The maximum atomic E-state index is 4.81. The maximum absolute atomic E-state index is 4.81. The van der Waals surface area contributed by atoms with Crippen LogP contribution in [-0.4, -0.2) is 32.6 Å². The molecule has 3 rings (SSSR count). The van der Waals surface area contributed by atoms with Gasteiger partial charge in [0.2, 0.25) is 0 Å². The van der Waals surface area contributed by atoms with E-state index in [1.54, 1.807) is 0 Å². The molecule has 0 unspecified atom stereocenters. The van der Waals surface area contributed by atoms with Crippen LogP contribution in [0.3, 0.4) is 0 Å². The summed E-state index contributed by atoms with van der Waals surface area (Å²) in [5.74, 6) is 0. The van der Waals surface area contributed by atoms with Crippen molar-refractivity contribution < 1.29 is 0 Å². The third-order valence-corrected chi connectivity index (χ3v) is 5.08. The number of piperidine rings is 1. The van der Waals surface area contributed by atoms with Crippen LogP contribution >= 0.6 is 0 Å². The Kier molecular flexibility index (Phi) is 3.30. The topological polar surface area (TPSA) is 16.1 Å². The second-order valence-electron chi connectivity index (χ2n) is 4.43. The molecule has 0 radical (unpaired) electrons. The first kappa shape index (κ1) is 11.1. The zero-order valence-electron chi connectivity index (χ0n) is 9.80. The quantitative estimate of drug-likeness (QED) is 0.791. The third kappa shape index (κ3) is 2.46. The summed E-state index contributed by atoms with van der Waals surface area (Å²) in [6.07, 6.45) is 4.04. The zero-order chi connectivity index (χ0) is 11.5. The number of benzene rings is 1. The van der Waals surface area contributed by atoms with Crippen LogP contribution in [0.5, 0.6) is 0 Å². The molecule has 2 aromatic rings. The summed E-state index contributed by atoms with van der Waals surface area (Å²) in [4.78, 5) is 9.61. The summed E-state index contributed by atoms with van der Waals surface area (Å²) in [6, 6.07) is 10.5. The Balaban J connectivity index is 1.83. The Morgan fingerprint density at radius 2 is 1.76 bits per heavy atom. The molecule has 17 heavy (non-hydrogen) atoms. The van der Waals surface area contributed by atoms with Crippen LogP contribution in [0.1, 0.15) is 19.3 Å². The Morgan fingerprint density at radius 1 is 1.00 bits per heavy atom. The van der Waals surface area contributed by atoms with Gasteiger partial charge < -0.3 is 0 Å². The second-order valence-corrected chi connectivity index (χ2v) is 6.18. The van der Waals surface area contributed by atoms with E-state index < -0.39 is 0 Å². The van der Waals surface area contributed by atoms with Gasteiger partial charge in [-0.2, -0.15) is 0 Å². The van der Waals surface area contributed by atoms with Crippen LogP contribution in [0.15, 0.2) is 35.3 Å². The van der Waals surface area contributed by atoms with Crippen molar-refractivity contribution in [2.24, 2.45) is 0 Å². The Labute approximate surface area is 108 Å². The van der Waals surface area contributed by atoms with Gasteiger partial charge in [-0.3, -0.25) is 0 Å². The van der Waals surface area contributed by atoms with Crippen LogP contribution in [0.2, 0.25) is 0 Å². The van der Waals surface area contributed by atoms with Gasteiger partial charge >= 0.3 is 108 Å². The van der Waals surface area contributed by atoms with Crippen LogP contribution < -0.4 is 4.90 Å². The summed E-state index contributed by atoms with van der Waals surface area (Å²) in [5.41, 5.74) is 2.42. The summed E-state index contributed by atoms with van der Waals surface area (Å²) >= 11 is 0.433. The monoisotopic (exact) mass is 292 g/mol. The standard InChI is InChI=1S/C14H16N2Se/c1-3-7-12(8-4-1)13-11-17-14(15-13)16-9-5-2-6-10-16/h1,3-4,7-8,11H,2,5-6,9-10H2. The van der Waals surface area contributed by atoms with Crippen LogP contribution in [0.25, 0.3) is 11.3 Å². The van der Waals surface area contributed by atoms with E-state index in [1.165, 1.54) is 48.3 Å². The van der Waals surface area contributed by atoms with Crippen LogP contribution in [0, 0.1) is 0 Å². The normalized spacial score (nSPS) is 16.1. The molecule has 1 fully saturated rings. The van der Waals surface area contributed by atoms with Gasteiger partial charge in [0.25, 0.3) is 0 Å². The molecule has 0 N–H and O–H groups in total. The first-order valence-corrected chi connectivity index (χ1v) is 8.04. The van der Waals surface area contributed by atoms with Crippen molar-refractivity contribution in [3.8, 4) is 11.3 Å². The number of hydrogen-bond donors (Lipinski definition) is 0. The second kappa shape index (κ2) is 5.07. The van der Waals surface area contributed by atoms with E-state index in [2.05, 4.69) is 40.2 Å². The molecule has 1 aromatic carbocycles. The van der Waals surface area contributed by atoms with E-state index in [4.69, 9.17) is 4.98 Å². The molecule has 88 valence electrons. The molecule has 0 amide bonds. The van der Waals surface area contributed by atoms with Gasteiger partial charge in [0.1, 0.15) is 0 Å². The molecule has 2 heterocycles. The van der Waals surface area contributed by atoms with Crippen molar-refractivity contribution in [3.05, 3.63) is 35.3 Å². The molecule has 0 spiro atoms. The van der Waals surface area contributed by atoms with Gasteiger partial charge in [0, 0.05) is 0 Å². The predicted octanol–water partition coefficient (Wildman–Crippen LogP) is 2.80. The van der Waals surface area contributed by atoms with Crippen molar-refractivity contribution in [3.63, 3.8) is 0 Å². The molecule has 0 aliphatic carbocycles. The van der Waals surface area contributed by atoms with E-state index in [0.29, 0.717) is 14.5 Å². The molecular weight excluding hydrogens is 275 g/mol. The minimum atomic E-state index is 0.433. The summed E-state index contributed by atoms with van der Waals surface area (Å²) < 4.78 is 1.33. The SMILES string of the molecule is c1ccc(-c2c[se]c(N3CCCCC3)n2)cc1. The fourth-order valence-corrected chi connectivity index (χ4v) is 4.10. The average Bonchev–Trinajstić information content (AvgIpc) is 2.90. The molecule has 1 aliphatic heterocycles. The number of aromatic nitrogens is 1. The van der Waals surface area contributed by atoms with Gasteiger partial charge in [0.05, 0.1) is 0 Å². The first-order valence-electron chi connectivity index (χ1n) is 6.19. The molecular formula is C14H16N2Se. The fourth-order valence-electron chi connectivity index (χ4n) is 2.24. The molecule has 1 aliphatic rings. The van der Waals surface area contributed by atoms with Crippen LogP contribution in [0.4, 0.5) is 4.69 Å².